The number of sulfonamides is 1. The number of anilines is 1. The van der Waals surface area contributed by atoms with Gasteiger partial charge >= 0.3 is 0 Å². The Kier molecular flexibility index (Phi) is 5.67. The molecule has 2 aromatic rings. The van der Waals surface area contributed by atoms with Crippen LogP contribution in [0.2, 0.25) is 5.02 Å². The van der Waals surface area contributed by atoms with Gasteiger partial charge in [-0.25, -0.2) is 13.1 Å². The van der Waals surface area contributed by atoms with E-state index in [4.69, 9.17) is 11.6 Å². The van der Waals surface area contributed by atoms with Gasteiger partial charge in [0.15, 0.2) is 0 Å². The molecule has 134 valence electrons. The van der Waals surface area contributed by atoms with Crippen molar-refractivity contribution in [1.29, 1.82) is 0 Å². The first-order valence-electron chi connectivity index (χ1n) is 8.55. The summed E-state index contributed by atoms with van der Waals surface area (Å²) in [5.41, 5.74) is 2.22. The lowest BCUT2D eigenvalue weighted by atomic mass is 9.91. The lowest BCUT2D eigenvalue weighted by molar-refractivity contribution is 0.378. The SMILES string of the molecule is Cc1ccc(N[C@H]2CCCC[C@@H]2NS(=O)(=O)c2ccc(Cl)cc2)cc1. The molecule has 0 aromatic heterocycles. The fraction of sp³-hybridized carbons (Fsp3) is 0.368. The molecule has 0 bridgehead atoms. The van der Waals surface area contributed by atoms with E-state index < -0.39 is 10.0 Å². The third kappa shape index (κ3) is 4.75. The zero-order valence-electron chi connectivity index (χ0n) is 14.2. The number of halogens is 1. The van der Waals surface area contributed by atoms with Crippen LogP contribution in [0.15, 0.2) is 53.4 Å². The molecule has 1 aliphatic rings. The maximum Gasteiger partial charge on any atom is 0.240 e. The van der Waals surface area contributed by atoms with Gasteiger partial charge in [-0.15, -0.1) is 0 Å². The highest BCUT2D eigenvalue weighted by Gasteiger charge is 2.29. The third-order valence-corrected chi connectivity index (χ3v) is 6.36. The smallest absolute Gasteiger partial charge is 0.240 e. The topological polar surface area (TPSA) is 58.2 Å². The van der Waals surface area contributed by atoms with Crippen LogP contribution in [-0.4, -0.2) is 20.5 Å². The highest BCUT2D eigenvalue weighted by Crippen LogP contribution is 2.24. The van der Waals surface area contributed by atoms with Crippen molar-refractivity contribution in [2.75, 3.05) is 5.32 Å². The number of nitrogens with one attached hydrogen (secondary N) is 2. The first-order chi connectivity index (χ1) is 11.9. The minimum absolute atomic E-state index is 0.0820. The van der Waals surface area contributed by atoms with Gasteiger partial charge in [0.25, 0.3) is 0 Å². The van der Waals surface area contributed by atoms with Crippen molar-refractivity contribution in [1.82, 2.24) is 4.72 Å². The van der Waals surface area contributed by atoms with Gasteiger partial charge in [-0.1, -0.05) is 42.1 Å². The average Bonchev–Trinajstić information content (AvgIpc) is 2.59. The lowest BCUT2D eigenvalue weighted by Crippen LogP contribution is -2.48. The van der Waals surface area contributed by atoms with Crippen molar-refractivity contribution < 1.29 is 8.42 Å². The van der Waals surface area contributed by atoms with Crippen LogP contribution in [0, 0.1) is 6.92 Å². The highest BCUT2D eigenvalue weighted by atomic mass is 35.5. The van der Waals surface area contributed by atoms with Gasteiger partial charge in [-0.05, 0) is 56.2 Å². The Bertz CT molecular complexity index is 804. The molecule has 0 saturated heterocycles. The predicted molar refractivity (Wildman–Crippen MR) is 103 cm³/mol. The van der Waals surface area contributed by atoms with E-state index in [1.807, 2.05) is 19.1 Å². The lowest BCUT2D eigenvalue weighted by Gasteiger charge is -2.33. The largest absolute Gasteiger partial charge is 0.381 e. The Morgan fingerprint density at radius 1 is 0.920 bits per heavy atom. The number of aryl methyl sites for hydroxylation is 1. The maximum atomic E-state index is 12.7. The predicted octanol–water partition coefficient (Wildman–Crippen LogP) is 4.35. The second-order valence-electron chi connectivity index (χ2n) is 6.58. The Balaban J connectivity index is 1.74. The fourth-order valence-corrected chi connectivity index (χ4v) is 4.63. The van der Waals surface area contributed by atoms with Gasteiger partial charge in [-0.2, -0.15) is 0 Å². The van der Waals surface area contributed by atoms with Crippen LogP contribution in [0.1, 0.15) is 31.2 Å². The Labute approximate surface area is 154 Å². The summed E-state index contributed by atoms with van der Waals surface area (Å²) < 4.78 is 28.2. The normalized spacial score (nSPS) is 21.0. The number of benzene rings is 2. The van der Waals surface area contributed by atoms with Crippen molar-refractivity contribution in [3.8, 4) is 0 Å². The van der Waals surface area contributed by atoms with Crippen LogP contribution in [0.25, 0.3) is 0 Å². The summed E-state index contributed by atoms with van der Waals surface area (Å²) in [7, 11) is -3.56. The third-order valence-electron chi connectivity index (χ3n) is 4.60. The van der Waals surface area contributed by atoms with Gasteiger partial charge in [-0.3, -0.25) is 0 Å². The number of hydrogen-bond donors (Lipinski definition) is 2. The molecule has 3 rings (SSSR count). The summed E-state index contributed by atoms with van der Waals surface area (Å²) in [6, 6.07) is 14.4. The molecule has 0 spiro atoms. The summed E-state index contributed by atoms with van der Waals surface area (Å²) in [4.78, 5) is 0.247. The molecule has 0 radical (unpaired) electrons. The Hall–Kier alpha value is -1.56. The zero-order chi connectivity index (χ0) is 17.9. The van der Waals surface area contributed by atoms with Gasteiger partial charge in [0, 0.05) is 22.8 Å². The van der Waals surface area contributed by atoms with Crippen molar-refractivity contribution in [3.63, 3.8) is 0 Å². The first kappa shape index (κ1) is 18.2. The molecule has 1 fully saturated rings. The molecule has 2 atom stereocenters. The molecule has 0 unspecified atom stereocenters. The molecule has 2 N–H and O–H groups in total. The van der Waals surface area contributed by atoms with Gasteiger partial charge < -0.3 is 5.32 Å². The highest BCUT2D eigenvalue weighted by molar-refractivity contribution is 7.89. The van der Waals surface area contributed by atoms with E-state index in [2.05, 4.69) is 22.2 Å². The first-order valence-corrected chi connectivity index (χ1v) is 10.4. The quantitative estimate of drug-likeness (QED) is 0.813. The molecule has 0 aliphatic heterocycles. The molecule has 4 nitrogen and oxygen atoms in total. The van der Waals surface area contributed by atoms with Crippen LogP contribution in [0.4, 0.5) is 5.69 Å². The minimum atomic E-state index is -3.56. The van der Waals surface area contributed by atoms with Crippen LogP contribution < -0.4 is 10.0 Å². The van der Waals surface area contributed by atoms with Crippen molar-refractivity contribution in [3.05, 3.63) is 59.1 Å². The van der Waals surface area contributed by atoms with E-state index in [1.54, 1.807) is 12.1 Å². The van der Waals surface area contributed by atoms with Crippen LogP contribution >= 0.6 is 11.6 Å². The van der Waals surface area contributed by atoms with E-state index in [9.17, 15) is 8.42 Å². The minimum Gasteiger partial charge on any atom is -0.381 e. The van der Waals surface area contributed by atoms with E-state index in [-0.39, 0.29) is 17.0 Å². The standard InChI is InChI=1S/C19H23ClN2O2S/c1-14-6-10-16(11-7-14)21-18-4-2-3-5-19(18)22-25(23,24)17-12-8-15(20)9-13-17/h6-13,18-19,21-22H,2-5H2,1H3/t18-,19-/m0/s1. The molecular formula is C19H23ClN2O2S. The van der Waals surface area contributed by atoms with Crippen molar-refractivity contribution >= 4 is 27.3 Å². The number of hydrogen-bond acceptors (Lipinski definition) is 3. The summed E-state index contributed by atoms with van der Waals surface area (Å²) in [5, 5.41) is 4.02. The van der Waals surface area contributed by atoms with E-state index >= 15 is 0 Å². The molecule has 1 aliphatic carbocycles. The van der Waals surface area contributed by atoms with E-state index in [0.29, 0.717) is 5.02 Å². The maximum absolute atomic E-state index is 12.7. The molecular weight excluding hydrogens is 356 g/mol. The van der Waals surface area contributed by atoms with E-state index in [1.165, 1.54) is 17.7 Å². The van der Waals surface area contributed by atoms with Gasteiger partial charge in [0.2, 0.25) is 10.0 Å². The van der Waals surface area contributed by atoms with Crippen LogP contribution in [0.5, 0.6) is 0 Å². The summed E-state index contributed by atoms with van der Waals surface area (Å²) >= 11 is 5.85. The van der Waals surface area contributed by atoms with Gasteiger partial charge in [0.1, 0.15) is 0 Å². The molecule has 1 saturated carbocycles. The molecule has 0 amide bonds. The van der Waals surface area contributed by atoms with Crippen molar-refractivity contribution in [2.45, 2.75) is 49.6 Å². The van der Waals surface area contributed by atoms with Crippen LogP contribution in [-0.2, 0) is 10.0 Å². The molecule has 2 aromatic carbocycles. The molecule has 6 heteroatoms. The van der Waals surface area contributed by atoms with Gasteiger partial charge in [0.05, 0.1) is 4.90 Å². The molecule has 25 heavy (non-hydrogen) atoms. The van der Waals surface area contributed by atoms with Crippen LogP contribution in [0.3, 0.4) is 0 Å². The second-order valence-corrected chi connectivity index (χ2v) is 8.73. The summed E-state index contributed by atoms with van der Waals surface area (Å²) in [5.74, 6) is 0. The van der Waals surface area contributed by atoms with E-state index in [0.717, 1.165) is 31.4 Å². The van der Waals surface area contributed by atoms with Crippen molar-refractivity contribution in [2.24, 2.45) is 0 Å². The average molecular weight is 379 g/mol. The molecule has 0 heterocycles. The zero-order valence-corrected chi connectivity index (χ0v) is 15.8. The monoisotopic (exact) mass is 378 g/mol. The Morgan fingerprint density at radius 2 is 1.52 bits per heavy atom. The summed E-state index contributed by atoms with van der Waals surface area (Å²) in [6.07, 6.45) is 3.90. The summed E-state index contributed by atoms with van der Waals surface area (Å²) in [6.45, 7) is 2.05. The fourth-order valence-electron chi connectivity index (χ4n) is 3.19. The Morgan fingerprint density at radius 3 is 2.16 bits per heavy atom. The second kappa shape index (κ2) is 7.77. The number of rotatable bonds is 5.